The first-order valence-electron chi connectivity index (χ1n) is 10.3. The van der Waals surface area contributed by atoms with Crippen LogP contribution in [0, 0.1) is 11.8 Å². The fraction of sp³-hybridized carbons (Fsp3) is 0.333. The highest BCUT2D eigenvalue weighted by Crippen LogP contribution is 2.59. The lowest BCUT2D eigenvalue weighted by Crippen LogP contribution is -2.40. The van der Waals surface area contributed by atoms with Crippen molar-refractivity contribution < 1.29 is 23.2 Å². The van der Waals surface area contributed by atoms with Crippen molar-refractivity contribution in [1.82, 2.24) is 0 Å². The minimum absolute atomic E-state index is 0.140. The van der Waals surface area contributed by atoms with Gasteiger partial charge in [0.25, 0.3) is 0 Å². The molecule has 0 N–H and O–H groups in total. The molecule has 3 atom stereocenters. The highest BCUT2D eigenvalue weighted by atomic mass is 31.2. The second kappa shape index (κ2) is 10.1. The molecule has 6 heteroatoms. The molecule has 0 radical (unpaired) electrons. The molecule has 2 aromatic rings. The van der Waals surface area contributed by atoms with E-state index in [1.54, 1.807) is 68.5 Å². The molecule has 0 spiro atoms. The summed E-state index contributed by atoms with van der Waals surface area (Å²) < 4.78 is 24.8. The third-order valence-corrected chi connectivity index (χ3v) is 7.72. The van der Waals surface area contributed by atoms with E-state index >= 15 is 0 Å². The summed E-state index contributed by atoms with van der Waals surface area (Å²) in [4.78, 5) is 27.0. The molecule has 3 rings (SSSR count). The van der Waals surface area contributed by atoms with Crippen molar-refractivity contribution in [3.05, 3.63) is 83.9 Å². The van der Waals surface area contributed by atoms with Crippen LogP contribution in [0.15, 0.2) is 72.8 Å². The van der Waals surface area contributed by atoms with Crippen LogP contribution in [0.3, 0.4) is 0 Å². The zero-order valence-corrected chi connectivity index (χ0v) is 18.2. The molecule has 0 fully saturated rings. The van der Waals surface area contributed by atoms with Gasteiger partial charge in [-0.2, -0.15) is 0 Å². The summed E-state index contributed by atoms with van der Waals surface area (Å²) in [6.45, 7) is 3.84. The molecule has 5 nitrogen and oxygen atoms in total. The Morgan fingerprint density at radius 1 is 0.867 bits per heavy atom. The predicted molar refractivity (Wildman–Crippen MR) is 117 cm³/mol. The second-order valence-electron chi connectivity index (χ2n) is 7.12. The molecule has 0 bridgehead atoms. The van der Waals surface area contributed by atoms with Crippen LogP contribution in [0.2, 0.25) is 0 Å². The maximum absolute atomic E-state index is 13.7. The average molecular weight is 426 g/mol. The molecule has 1 aliphatic rings. The Kier molecular flexibility index (Phi) is 7.54. The van der Waals surface area contributed by atoms with Crippen LogP contribution in [0.25, 0.3) is 0 Å². The number of allylic oxidation sites excluding steroid dienone is 2. The highest BCUT2D eigenvalue weighted by molar-refractivity contribution is 7.55. The molecular weight excluding hydrogens is 399 g/mol. The van der Waals surface area contributed by atoms with E-state index in [-0.39, 0.29) is 24.8 Å². The Balaban J connectivity index is 2.08. The Hall–Kier alpha value is -2.33. The van der Waals surface area contributed by atoms with Crippen molar-refractivity contribution in [2.75, 3.05) is 13.2 Å². The van der Waals surface area contributed by atoms with Crippen LogP contribution in [-0.2, 0) is 13.6 Å². The highest BCUT2D eigenvalue weighted by Gasteiger charge is 2.49. The standard InChI is InChI=1S/C24H27O5P/c1-3-28-30(27,29-4-2)21-17-11-16-20(23(25)18-12-7-5-8-13-18)22(21)24(26)19-14-9-6-10-15-19/h5-15,17,20-22H,3-4,16H2,1-2H3. The lowest BCUT2D eigenvalue weighted by molar-refractivity contribution is 0.0750. The maximum atomic E-state index is 13.7. The number of hydrogen-bond acceptors (Lipinski definition) is 5. The van der Waals surface area contributed by atoms with Gasteiger partial charge >= 0.3 is 7.60 Å². The van der Waals surface area contributed by atoms with Gasteiger partial charge in [0.15, 0.2) is 11.6 Å². The Morgan fingerprint density at radius 2 is 1.37 bits per heavy atom. The predicted octanol–water partition coefficient (Wildman–Crippen LogP) is 5.58. The Morgan fingerprint density at radius 3 is 1.87 bits per heavy atom. The van der Waals surface area contributed by atoms with E-state index in [0.29, 0.717) is 17.5 Å². The third kappa shape index (κ3) is 4.70. The number of carbonyl (C=O) groups excluding carboxylic acids is 2. The second-order valence-corrected chi connectivity index (χ2v) is 9.32. The summed E-state index contributed by atoms with van der Waals surface area (Å²) in [5.41, 5.74) is 0.190. The van der Waals surface area contributed by atoms with Crippen molar-refractivity contribution in [3.63, 3.8) is 0 Å². The van der Waals surface area contributed by atoms with Gasteiger partial charge < -0.3 is 9.05 Å². The minimum Gasteiger partial charge on any atom is -0.308 e. The van der Waals surface area contributed by atoms with Gasteiger partial charge in [-0.3, -0.25) is 14.2 Å². The smallest absolute Gasteiger partial charge is 0.308 e. The van der Waals surface area contributed by atoms with Gasteiger partial charge in [-0.05, 0) is 20.3 Å². The number of rotatable bonds is 9. The molecule has 0 aromatic heterocycles. The van der Waals surface area contributed by atoms with Gasteiger partial charge in [0, 0.05) is 17.0 Å². The number of Topliss-reactive ketones (excluding diaryl/α,β-unsaturated/α-hetero) is 2. The van der Waals surface area contributed by atoms with Gasteiger partial charge in [-0.1, -0.05) is 72.8 Å². The molecule has 2 aromatic carbocycles. The monoisotopic (exact) mass is 426 g/mol. The van der Waals surface area contributed by atoms with Gasteiger partial charge in [0.2, 0.25) is 0 Å². The van der Waals surface area contributed by atoms with Crippen molar-refractivity contribution in [1.29, 1.82) is 0 Å². The molecule has 1 aliphatic carbocycles. The molecular formula is C24H27O5P. The van der Waals surface area contributed by atoms with Crippen LogP contribution in [0.5, 0.6) is 0 Å². The quantitative estimate of drug-likeness (QED) is 0.297. The number of ketones is 2. The topological polar surface area (TPSA) is 69.7 Å². The summed E-state index contributed by atoms with van der Waals surface area (Å²) in [5.74, 6) is -1.85. The molecule has 3 unspecified atom stereocenters. The van der Waals surface area contributed by atoms with E-state index in [0.717, 1.165) is 0 Å². The molecule has 0 amide bonds. The van der Waals surface area contributed by atoms with Crippen LogP contribution in [0.1, 0.15) is 41.0 Å². The van der Waals surface area contributed by atoms with E-state index in [1.165, 1.54) is 0 Å². The fourth-order valence-electron chi connectivity index (χ4n) is 3.96. The van der Waals surface area contributed by atoms with Crippen LogP contribution < -0.4 is 0 Å². The van der Waals surface area contributed by atoms with E-state index < -0.39 is 25.1 Å². The zero-order chi connectivity index (χ0) is 21.6. The van der Waals surface area contributed by atoms with E-state index in [2.05, 4.69) is 0 Å². The lowest BCUT2D eigenvalue weighted by atomic mass is 9.74. The molecule has 0 saturated heterocycles. The summed E-state index contributed by atoms with van der Waals surface area (Å²) in [5, 5.41) is 0. The fourth-order valence-corrected chi connectivity index (χ4v) is 6.17. The Labute approximate surface area is 177 Å². The van der Waals surface area contributed by atoms with Crippen molar-refractivity contribution in [3.8, 4) is 0 Å². The average Bonchev–Trinajstić information content (AvgIpc) is 2.79. The normalized spacial score (nSPS) is 21.3. The van der Waals surface area contributed by atoms with Crippen molar-refractivity contribution in [2.45, 2.75) is 25.9 Å². The minimum atomic E-state index is -3.65. The maximum Gasteiger partial charge on any atom is 0.338 e. The summed E-state index contributed by atoms with van der Waals surface area (Å²) in [6.07, 6.45) is 3.94. The van der Waals surface area contributed by atoms with E-state index in [4.69, 9.17) is 9.05 Å². The summed E-state index contributed by atoms with van der Waals surface area (Å²) >= 11 is 0. The van der Waals surface area contributed by atoms with Gasteiger partial charge in [-0.25, -0.2) is 0 Å². The van der Waals surface area contributed by atoms with Gasteiger partial charge in [0.1, 0.15) is 0 Å². The van der Waals surface area contributed by atoms with E-state index in [1.807, 2.05) is 18.2 Å². The first-order chi connectivity index (χ1) is 14.5. The lowest BCUT2D eigenvalue weighted by Gasteiger charge is -2.36. The van der Waals surface area contributed by atoms with Crippen LogP contribution in [0.4, 0.5) is 0 Å². The first-order valence-corrected chi connectivity index (χ1v) is 11.9. The third-order valence-electron chi connectivity index (χ3n) is 5.26. The number of hydrogen-bond donors (Lipinski definition) is 0. The molecule has 0 heterocycles. The summed E-state index contributed by atoms with van der Waals surface area (Å²) in [6, 6.07) is 17.7. The SMILES string of the molecule is CCOP(=O)(OCC)C1C=CCC(C(=O)c2ccccc2)C1C(=O)c1ccccc1. The van der Waals surface area contributed by atoms with Gasteiger partial charge in [0.05, 0.1) is 24.8 Å². The molecule has 30 heavy (non-hydrogen) atoms. The van der Waals surface area contributed by atoms with Crippen LogP contribution >= 0.6 is 7.60 Å². The molecule has 0 saturated carbocycles. The number of benzene rings is 2. The number of carbonyl (C=O) groups is 2. The molecule has 0 aliphatic heterocycles. The van der Waals surface area contributed by atoms with Crippen molar-refractivity contribution >= 4 is 19.2 Å². The zero-order valence-electron chi connectivity index (χ0n) is 17.3. The van der Waals surface area contributed by atoms with Crippen molar-refractivity contribution in [2.24, 2.45) is 11.8 Å². The largest absolute Gasteiger partial charge is 0.338 e. The van der Waals surface area contributed by atoms with Gasteiger partial charge in [-0.15, -0.1) is 0 Å². The first kappa shape index (κ1) is 22.4. The Bertz CT molecular complexity index is 929. The summed E-state index contributed by atoms with van der Waals surface area (Å²) in [7, 11) is -3.65. The van der Waals surface area contributed by atoms with E-state index in [9.17, 15) is 14.2 Å². The molecule has 158 valence electrons. The van der Waals surface area contributed by atoms with Crippen LogP contribution in [-0.4, -0.2) is 30.4 Å².